The van der Waals surface area contributed by atoms with Gasteiger partial charge in [-0.3, -0.25) is 14.5 Å². The number of aromatic nitrogens is 1. The van der Waals surface area contributed by atoms with Gasteiger partial charge in [0.2, 0.25) is 5.91 Å². The number of hydrogen-bond acceptors (Lipinski definition) is 3. The van der Waals surface area contributed by atoms with Crippen LogP contribution in [0.5, 0.6) is 0 Å². The summed E-state index contributed by atoms with van der Waals surface area (Å²) in [6.07, 6.45) is 8.94. The highest BCUT2D eigenvalue weighted by Gasteiger charge is 2.38. The van der Waals surface area contributed by atoms with Crippen LogP contribution >= 0.6 is 15.9 Å². The average Bonchev–Trinajstić information content (AvgIpc) is 3.33. The molecule has 0 bridgehead atoms. The summed E-state index contributed by atoms with van der Waals surface area (Å²) in [6.45, 7) is 2.78. The molecule has 2 aromatic carbocycles. The van der Waals surface area contributed by atoms with Gasteiger partial charge in [0.25, 0.3) is 0 Å². The van der Waals surface area contributed by atoms with E-state index in [1.54, 1.807) is 6.08 Å². The summed E-state index contributed by atoms with van der Waals surface area (Å²) in [5.41, 5.74) is 3.48. The standard InChI is InChI=1S/C29H32BrN3O3/c30-23-8-5-20(6-9-23)7-10-27(34)32-15-13-22(14-16-32)28(29(35)36)33-17-11-21(12-18-33)25-19-31-26-4-2-1-3-24(25)26/h1-10,19,21-22,28,31H,11-18H2,(H,35,36)/b10-7+. The molecule has 0 spiro atoms. The lowest BCUT2D eigenvalue weighted by atomic mass is 9.84. The van der Waals surface area contributed by atoms with E-state index < -0.39 is 12.0 Å². The molecular weight excluding hydrogens is 518 g/mol. The molecule has 1 unspecified atom stereocenters. The molecule has 2 saturated heterocycles. The van der Waals surface area contributed by atoms with Gasteiger partial charge in [-0.2, -0.15) is 0 Å². The zero-order valence-corrected chi connectivity index (χ0v) is 21.9. The van der Waals surface area contributed by atoms with Crippen LogP contribution in [0.4, 0.5) is 0 Å². The van der Waals surface area contributed by atoms with E-state index in [4.69, 9.17) is 0 Å². The second-order valence-corrected chi connectivity index (χ2v) is 10.8. The molecule has 188 valence electrons. The zero-order chi connectivity index (χ0) is 25.1. The summed E-state index contributed by atoms with van der Waals surface area (Å²) in [4.78, 5) is 32.4. The fourth-order valence-corrected chi connectivity index (χ4v) is 6.12. The summed E-state index contributed by atoms with van der Waals surface area (Å²) < 4.78 is 1.00. The minimum absolute atomic E-state index is 0.0113. The lowest BCUT2D eigenvalue weighted by molar-refractivity contribution is -0.147. The topological polar surface area (TPSA) is 76.6 Å². The van der Waals surface area contributed by atoms with Gasteiger partial charge in [-0.25, -0.2) is 0 Å². The molecule has 0 radical (unpaired) electrons. The number of para-hydroxylation sites is 1. The lowest BCUT2D eigenvalue weighted by Crippen LogP contribution is -2.52. The molecule has 1 atom stereocenters. The molecule has 5 rings (SSSR count). The number of nitrogens with one attached hydrogen (secondary N) is 1. The Balaban J connectivity index is 1.16. The number of piperidine rings is 2. The Morgan fingerprint density at radius 3 is 2.36 bits per heavy atom. The number of benzene rings is 2. The van der Waals surface area contributed by atoms with Crippen molar-refractivity contribution < 1.29 is 14.7 Å². The van der Waals surface area contributed by atoms with Crippen LogP contribution in [0.25, 0.3) is 17.0 Å². The number of carbonyl (C=O) groups is 2. The first-order valence-electron chi connectivity index (χ1n) is 12.7. The highest BCUT2D eigenvalue weighted by Crippen LogP contribution is 2.35. The third kappa shape index (κ3) is 5.42. The monoisotopic (exact) mass is 549 g/mol. The number of carboxylic acid groups (broad SMARTS) is 1. The molecule has 0 saturated carbocycles. The Kier molecular flexibility index (Phi) is 7.58. The van der Waals surface area contributed by atoms with E-state index in [2.05, 4.69) is 50.2 Å². The number of H-pyrrole nitrogens is 1. The number of amides is 1. The molecule has 2 N–H and O–H groups in total. The number of halogens is 1. The summed E-state index contributed by atoms with van der Waals surface area (Å²) in [5.74, 6) is -0.237. The number of carboxylic acids is 1. The smallest absolute Gasteiger partial charge is 0.321 e. The molecule has 2 fully saturated rings. The van der Waals surface area contributed by atoms with E-state index in [1.165, 1.54) is 10.9 Å². The van der Waals surface area contributed by atoms with Gasteiger partial charge < -0.3 is 15.0 Å². The van der Waals surface area contributed by atoms with Crippen molar-refractivity contribution in [3.63, 3.8) is 0 Å². The van der Waals surface area contributed by atoms with Gasteiger partial charge in [-0.1, -0.05) is 46.3 Å². The second kappa shape index (κ2) is 11.0. The van der Waals surface area contributed by atoms with Gasteiger partial charge in [-0.15, -0.1) is 0 Å². The Labute approximate surface area is 220 Å². The normalized spacial score (nSPS) is 19.2. The number of hydrogen-bond donors (Lipinski definition) is 2. The van der Waals surface area contributed by atoms with Crippen molar-refractivity contribution in [2.75, 3.05) is 26.2 Å². The summed E-state index contributed by atoms with van der Waals surface area (Å²) in [5, 5.41) is 11.4. The van der Waals surface area contributed by atoms with Gasteiger partial charge >= 0.3 is 5.97 Å². The van der Waals surface area contributed by atoms with E-state index >= 15 is 0 Å². The van der Waals surface area contributed by atoms with Crippen molar-refractivity contribution in [1.29, 1.82) is 0 Å². The van der Waals surface area contributed by atoms with Crippen molar-refractivity contribution in [2.24, 2.45) is 5.92 Å². The second-order valence-electron chi connectivity index (χ2n) is 9.93. The molecule has 36 heavy (non-hydrogen) atoms. The van der Waals surface area contributed by atoms with Crippen LogP contribution in [0.3, 0.4) is 0 Å². The minimum Gasteiger partial charge on any atom is -0.480 e. The third-order valence-electron chi connectivity index (χ3n) is 7.82. The molecule has 1 aromatic heterocycles. The quantitative estimate of drug-likeness (QED) is 0.397. The molecule has 0 aliphatic carbocycles. The van der Waals surface area contributed by atoms with Gasteiger partial charge in [-0.05, 0) is 86.0 Å². The van der Waals surface area contributed by atoms with Crippen molar-refractivity contribution >= 4 is 44.8 Å². The SMILES string of the molecule is O=C(O)C(C1CCN(C(=O)/C=C/c2ccc(Br)cc2)CC1)N1CCC(c2c[nH]c3ccccc23)CC1. The van der Waals surface area contributed by atoms with Gasteiger partial charge in [0.1, 0.15) is 6.04 Å². The number of aliphatic carboxylic acids is 1. The summed E-state index contributed by atoms with van der Waals surface area (Å²) in [7, 11) is 0. The third-order valence-corrected chi connectivity index (χ3v) is 8.35. The molecule has 2 aliphatic heterocycles. The first kappa shape index (κ1) is 24.8. The first-order chi connectivity index (χ1) is 17.5. The predicted molar refractivity (Wildman–Crippen MR) is 146 cm³/mol. The predicted octanol–water partition coefficient (Wildman–Crippen LogP) is 5.52. The number of nitrogens with zero attached hydrogens (tertiary/aromatic N) is 2. The van der Waals surface area contributed by atoms with E-state index in [1.807, 2.05) is 41.3 Å². The number of likely N-dealkylation sites (tertiary alicyclic amines) is 2. The molecular formula is C29H32BrN3O3. The molecule has 1 amide bonds. The number of aromatic amines is 1. The maximum atomic E-state index is 12.7. The molecule has 2 aliphatic rings. The summed E-state index contributed by atoms with van der Waals surface area (Å²) >= 11 is 3.42. The molecule has 3 heterocycles. The van der Waals surface area contributed by atoms with Crippen LogP contribution in [-0.2, 0) is 9.59 Å². The van der Waals surface area contributed by atoms with E-state index in [0.717, 1.165) is 54.3 Å². The van der Waals surface area contributed by atoms with Crippen molar-refractivity contribution in [2.45, 2.75) is 37.6 Å². The number of fused-ring (bicyclic) bond motifs is 1. The fraction of sp³-hybridized carbons (Fsp3) is 0.379. The van der Waals surface area contributed by atoms with Crippen molar-refractivity contribution in [3.8, 4) is 0 Å². The fourth-order valence-electron chi connectivity index (χ4n) is 5.86. The molecule has 6 nitrogen and oxygen atoms in total. The average molecular weight is 550 g/mol. The maximum Gasteiger partial charge on any atom is 0.321 e. The molecule has 3 aromatic rings. The van der Waals surface area contributed by atoms with Crippen molar-refractivity contribution in [3.05, 3.63) is 76.4 Å². The van der Waals surface area contributed by atoms with Crippen LogP contribution in [0.15, 0.2) is 65.3 Å². The van der Waals surface area contributed by atoms with Crippen LogP contribution < -0.4 is 0 Å². The van der Waals surface area contributed by atoms with Crippen molar-refractivity contribution in [1.82, 2.24) is 14.8 Å². The van der Waals surface area contributed by atoms with E-state index in [9.17, 15) is 14.7 Å². The number of carbonyl (C=O) groups excluding carboxylic acids is 1. The van der Waals surface area contributed by atoms with Gasteiger partial charge in [0.15, 0.2) is 0 Å². The minimum atomic E-state index is -0.736. The van der Waals surface area contributed by atoms with E-state index in [0.29, 0.717) is 19.0 Å². The highest BCUT2D eigenvalue weighted by atomic mass is 79.9. The van der Waals surface area contributed by atoms with Gasteiger partial charge in [0, 0.05) is 40.7 Å². The van der Waals surface area contributed by atoms with E-state index in [-0.39, 0.29) is 11.8 Å². The van der Waals surface area contributed by atoms with Crippen LogP contribution in [0, 0.1) is 5.92 Å². The van der Waals surface area contributed by atoms with Crippen LogP contribution in [0.1, 0.15) is 42.7 Å². The Morgan fingerprint density at radius 1 is 0.972 bits per heavy atom. The Morgan fingerprint density at radius 2 is 1.67 bits per heavy atom. The summed E-state index contributed by atoms with van der Waals surface area (Å²) in [6, 6.07) is 15.7. The lowest BCUT2D eigenvalue weighted by Gasteiger charge is -2.41. The van der Waals surface area contributed by atoms with Gasteiger partial charge in [0.05, 0.1) is 0 Å². The Hall–Kier alpha value is -2.90. The van der Waals surface area contributed by atoms with Crippen LogP contribution in [-0.4, -0.2) is 64.0 Å². The number of rotatable bonds is 6. The Bertz CT molecular complexity index is 1240. The van der Waals surface area contributed by atoms with Crippen LogP contribution in [0.2, 0.25) is 0 Å². The molecule has 7 heteroatoms. The highest BCUT2D eigenvalue weighted by molar-refractivity contribution is 9.10. The maximum absolute atomic E-state index is 12.7. The largest absolute Gasteiger partial charge is 0.480 e. The first-order valence-corrected chi connectivity index (χ1v) is 13.5. The zero-order valence-electron chi connectivity index (χ0n) is 20.3.